The van der Waals surface area contributed by atoms with Crippen molar-refractivity contribution in [2.45, 2.75) is 33.4 Å². The molecule has 0 radical (unpaired) electrons. The first-order chi connectivity index (χ1) is 20.9. The molecule has 0 saturated heterocycles. The minimum atomic E-state index is -0.610. The maximum Gasteiger partial charge on any atom is 0.338 e. The number of benzene rings is 3. The van der Waals surface area contributed by atoms with Gasteiger partial charge in [0.05, 0.1) is 24.4 Å². The predicted molar refractivity (Wildman–Crippen MR) is 171 cm³/mol. The first-order valence-electron chi connectivity index (χ1n) is 14.0. The number of hydrogen-bond acceptors (Lipinski definition) is 6. The molecule has 2 heterocycles. The standard InChI is InChI=1S/C33H33N5O4S/c1-4-41-32(40)30-21(2)35-33(43)36-31(30)25-15-9-11-17-28(25)42-20-29(39)37-34-18-26-22(3)38(19-23-12-6-5-7-13-23)27-16-10-8-14-24(26)27/h5-18,31H,4,19-20H2,1-3H3,(H,37,39)(H2,35,36,43)/t31-/m1/s1. The number of nitrogens with zero attached hydrogens (tertiary/aromatic N) is 2. The van der Waals surface area contributed by atoms with E-state index in [4.69, 9.17) is 21.7 Å². The number of amides is 1. The number of carbonyl (C=O) groups is 2. The van der Waals surface area contributed by atoms with Crippen molar-refractivity contribution in [1.82, 2.24) is 20.6 Å². The van der Waals surface area contributed by atoms with Gasteiger partial charge in [0.15, 0.2) is 11.7 Å². The van der Waals surface area contributed by atoms with Gasteiger partial charge in [-0.2, -0.15) is 5.10 Å². The van der Waals surface area contributed by atoms with Crippen LogP contribution in [0.3, 0.4) is 0 Å². The molecule has 0 fully saturated rings. The number of carbonyl (C=O) groups excluding carboxylic acids is 2. The van der Waals surface area contributed by atoms with Crippen LogP contribution in [0, 0.1) is 6.92 Å². The molecule has 0 aliphatic carbocycles. The summed E-state index contributed by atoms with van der Waals surface area (Å²) >= 11 is 5.34. The van der Waals surface area contributed by atoms with Crippen molar-refractivity contribution in [2.24, 2.45) is 5.10 Å². The van der Waals surface area contributed by atoms with Gasteiger partial charge >= 0.3 is 5.97 Å². The lowest BCUT2D eigenvalue weighted by molar-refractivity contribution is -0.139. The van der Waals surface area contributed by atoms with E-state index in [1.807, 2.05) is 55.5 Å². The summed E-state index contributed by atoms with van der Waals surface area (Å²) in [6.45, 7) is 6.24. The lowest BCUT2D eigenvalue weighted by Gasteiger charge is -2.30. The Bertz CT molecular complexity index is 1730. The molecule has 4 aromatic rings. The average molecular weight is 596 g/mol. The predicted octanol–water partition coefficient (Wildman–Crippen LogP) is 4.88. The smallest absolute Gasteiger partial charge is 0.338 e. The number of rotatable bonds is 10. The van der Waals surface area contributed by atoms with Crippen LogP contribution >= 0.6 is 12.2 Å². The van der Waals surface area contributed by atoms with Gasteiger partial charge < -0.3 is 24.7 Å². The number of aromatic nitrogens is 1. The van der Waals surface area contributed by atoms with Gasteiger partial charge in [0.25, 0.3) is 5.91 Å². The van der Waals surface area contributed by atoms with E-state index in [9.17, 15) is 9.59 Å². The Morgan fingerprint density at radius 2 is 1.74 bits per heavy atom. The second-order valence-electron chi connectivity index (χ2n) is 10.00. The van der Waals surface area contributed by atoms with Crippen molar-refractivity contribution in [2.75, 3.05) is 13.2 Å². The molecule has 43 heavy (non-hydrogen) atoms. The van der Waals surface area contributed by atoms with Crippen LogP contribution in [-0.4, -0.2) is 41.0 Å². The number of fused-ring (bicyclic) bond motifs is 1. The molecule has 0 bridgehead atoms. The summed E-state index contributed by atoms with van der Waals surface area (Å²) in [4.78, 5) is 25.6. The monoisotopic (exact) mass is 595 g/mol. The first-order valence-corrected chi connectivity index (χ1v) is 14.4. The van der Waals surface area contributed by atoms with E-state index < -0.39 is 17.9 Å². The molecule has 5 rings (SSSR count). The van der Waals surface area contributed by atoms with Crippen LogP contribution in [-0.2, 0) is 20.9 Å². The summed E-state index contributed by atoms with van der Waals surface area (Å²) in [6, 6.07) is 25.0. The Morgan fingerprint density at radius 1 is 1.02 bits per heavy atom. The van der Waals surface area contributed by atoms with Gasteiger partial charge in [0.2, 0.25) is 0 Å². The highest BCUT2D eigenvalue weighted by Crippen LogP contribution is 2.33. The lowest BCUT2D eigenvalue weighted by Crippen LogP contribution is -2.45. The molecule has 3 N–H and O–H groups in total. The Labute approximate surface area is 255 Å². The third-order valence-corrected chi connectivity index (χ3v) is 7.42. The van der Waals surface area contributed by atoms with Crippen molar-refractivity contribution < 1.29 is 19.1 Å². The van der Waals surface area contributed by atoms with Crippen molar-refractivity contribution >= 4 is 46.3 Å². The average Bonchev–Trinajstić information content (AvgIpc) is 3.26. The van der Waals surface area contributed by atoms with Gasteiger partial charge in [-0.3, -0.25) is 4.79 Å². The van der Waals surface area contributed by atoms with Crippen LogP contribution in [0.15, 0.2) is 95.2 Å². The molecule has 1 aliphatic heterocycles. The highest BCUT2D eigenvalue weighted by atomic mass is 32.1. The third kappa shape index (κ3) is 6.60. The molecule has 1 aliphatic rings. The Morgan fingerprint density at radius 3 is 2.53 bits per heavy atom. The summed E-state index contributed by atoms with van der Waals surface area (Å²) in [7, 11) is 0. The molecule has 9 nitrogen and oxygen atoms in total. The third-order valence-electron chi connectivity index (χ3n) is 7.20. The van der Waals surface area contributed by atoms with Crippen LogP contribution in [0.25, 0.3) is 10.9 Å². The maximum atomic E-state index is 12.8. The topological polar surface area (TPSA) is 106 Å². The molecule has 1 amide bonds. The van der Waals surface area contributed by atoms with E-state index in [2.05, 4.69) is 43.9 Å². The fraction of sp³-hybridized carbons (Fsp3) is 0.212. The van der Waals surface area contributed by atoms with Crippen LogP contribution in [0.2, 0.25) is 0 Å². The number of nitrogens with one attached hydrogen (secondary N) is 3. The number of allylic oxidation sites excluding steroid dienone is 1. The second-order valence-corrected chi connectivity index (χ2v) is 10.4. The summed E-state index contributed by atoms with van der Waals surface area (Å²) in [5.74, 6) is -0.462. The maximum absolute atomic E-state index is 12.8. The van der Waals surface area contributed by atoms with Crippen LogP contribution in [0.1, 0.15) is 42.3 Å². The molecule has 10 heteroatoms. The molecule has 0 saturated carbocycles. The first kappa shape index (κ1) is 29.5. The van der Waals surface area contributed by atoms with Gasteiger partial charge in [0.1, 0.15) is 5.75 Å². The summed E-state index contributed by atoms with van der Waals surface area (Å²) in [6.07, 6.45) is 1.67. The second kappa shape index (κ2) is 13.3. The number of hydrazone groups is 1. The van der Waals surface area contributed by atoms with Crippen molar-refractivity contribution in [3.63, 3.8) is 0 Å². The molecule has 0 unspecified atom stereocenters. The normalized spacial score (nSPS) is 14.9. The Hall–Kier alpha value is -4.96. The fourth-order valence-corrected chi connectivity index (χ4v) is 5.46. The zero-order valence-electron chi connectivity index (χ0n) is 24.2. The fourth-order valence-electron chi connectivity index (χ4n) is 5.19. The molecule has 220 valence electrons. The summed E-state index contributed by atoms with van der Waals surface area (Å²) in [5.41, 5.74) is 8.47. The van der Waals surface area contributed by atoms with E-state index in [1.165, 1.54) is 5.56 Å². The highest BCUT2D eigenvalue weighted by molar-refractivity contribution is 7.80. The van der Waals surface area contributed by atoms with E-state index in [-0.39, 0.29) is 13.2 Å². The summed E-state index contributed by atoms with van der Waals surface area (Å²) < 4.78 is 13.4. The number of para-hydroxylation sites is 2. The van der Waals surface area contributed by atoms with Gasteiger partial charge in [-0.1, -0.05) is 66.7 Å². The van der Waals surface area contributed by atoms with E-state index in [1.54, 1.807) is 32.2 Å². The Balaban J connectivity index is 1.29. The van der Waals surface area contributed by atoms with Crippen molar-refractivity contribution in [3.8, 4) is 5.75 Å². The molecule has 1 aromatic heterocycles. The summed E-state index contributed by atoms with van der Waals surface area (Å²) in [5, 5.41) is 11.8. The van der Waals surface area contributed by atoms with Gasteiger partial charge in [-0.05, 0) is 50.7 Å². The van der Waals surface area contributed by atoms with Gasteiger partial charge in [-0.15, -0.1) is 0 Å². The van der Waals surface area contributed by atoms with Crippen LogP contribution < -0.4 is 20.8 Å². The minimum Gasteiger partial charge on any atom is -0.483 e. The zero-order chi connectivity index (χ0) is 30.3. The number of hydrogen-bond donors (Lipinski definition) is 3. The van der Waals surface area contributed by atoms with E-state index in [0.29, 0.717) is 27.7 Å². The SMILES string of the molecule is CCOC(=O)C1=C(C)NC(=S)N[C@@H]1c1ccccc1OCC(=O)NN=Cc1c(C)n(Cc2ccccc2)c2ccccc12. The molecule has 0 spiro atoms. The molecule has 3 aromatic carbocycles. The quantitative estimate of drug-likeness (QED) is 0.104. The molecule has 1 atom stereocenters. The molecular formula is C33H33N5O4S. The molecular weight excluding hydrogens is 562 g/mol. The van der Waals surface area contributed by atoms with Gasteiger partial charge in [0, 0.05) is 40.0 Å². The Kier molecular flexibility index (Phi) is 9.17. The van der Waals surface area contributed by atoms with Crippen LogP contribution in [0.4, 0.5) is 0 Å². The van der Waals surface area contributed by atoms with Crippen molar-refractivity contribution in [3.05, 3.63) is 113 Å². The van der Waals surface area contributed by atoms with E-state index in [0.717, 1.165) is 28.7 Å². The largest absolute Gasteiger partial charge is 0.483 e. The lowest BCUT2D eigenvalue weighted by atomic mass is 9.95. The van der Waals surface area contributed by atoms with Crippen molar-refractivity contribution in [1.29, 1.82) is 0 Å². The minimum absolute atomic E-state index is 0.235. The number of ether oxygens (including phenoxy) is 2. The van der Waals surface area contributed by atoms with Gasteiger partial charge in [-0.25, -0.2) is 10.2 Å². The number of esters is 1. The van der Waals surface area contributed by atoms with Crippen LogP contribution in [0.5, 0.6) is 5.75 Å². The number of thiocarbonyl (C=S) groups is 1. The highest BCUT2D eigenvalue weighted by Gasteiger charge is 2.32. The zero-order valence-corrected chi connectivity index (χ0v) is 25.0. The van der Waals surface area contributed by atoms with E-state index >= 15 is 0 Å².